The van der Waals surface area contributed by atoms with Gasteiger partial charge in [-0.05, 0) is 17.0 Å². The highest BCUT2D eigenvalue weighted by atomic mass is 16.1. The molecule has 0 atom stereocenters. The topological polar surface area (TPSA) is 42.0 Å². The number of hydrogen-bond acceptors (Lipinski definition) is 2. The second-order valence-electron chi connectivity index (χ2n) is 4.59. The number of nitrogens with zero attached hydrogens (tertiary/aromatic N) is 1. The molecule has 3 rings (SSSR count). The molecule has 2 aromatic carbocycles. The number of anilines is 1. The van der Waals surface area contributed by atoms with Crippen LogP contribution in [0.1, 0.15) is 5.56 Å². The Morgan fingerprint density at radius 3 is 2.55 bits per heavy atom. The summed E-state index contributed by atoms with van der Waals surface area (Å²) in [7, 11) is 0. The number of aromatic nitrogens is 1. The van der Waals surface area contributed by atoms with Crippen molar-refractivity contribution >= 4 is 22.5 Å². The predicted octanol–water partition coefficient (Wildman–Crippen LogP) is 3.42. The van der Waals surface area contributed by atoms with Gasteiger partial charge in [0.2, 0.25) is 5.91 Å². The van der Waals surface area contributed by atoms with Crippen LogP contribution >= 0.6 is 0 Å². The van der Waals surface area contributed by atoms with Gasteiger partial charge in [-0.2, -0.15) is 0 Å². The molecule has 3 heteroatoms. The average Bonchev–Trinajstić information content (AvgIpc) is 2.48. The number of nitrogens with one attached hydrogen (secondary N) is 1. The van der Waals surface area contributed by atoms with E-state index < -0.39 is 0 Å². The van der Waals surface area contributed by atoms with Crippen molar-refractivity contribution in [2.75, 3.05) is 5.32 Å². The van der Waals surface area contributed by atoms with Crippen LogP contribution in [0.5, 0.6) is 0 Å². The summed E-state index contributed by atoms with van der Waals surface area (Å²) in [6, 6.07) is 19.5. The molecule has 1 aromatic heterocycles. The Kier molecular flexibility index (Phi) is 3.42. The summed E-state index contributed by atoms with van der Waals surface area (Å²) >= 11 is 0. The predicted molar refractivity (Wildman–Crippen MR) is 80.5 cm³/mol. The molecular formula is C17H14N2O. The molecule has 0 unspecified atom stereocenters. The van der Waals surface area contributed by atoms with Gasteiger partial charge in [0.15, 0.2) is 0 Å². The third-order valence-corrected chi connectivity index (χ3v) is 3.14. The molecule has 0 aliphatic rings. The van der Waals surface area contributed by atoms with E-state index in [0.717, 1.165) is 16.3 Å². The third-order valence-electron chi connectivity index (χ3n) is 3.14. The van der Waals surface area contributed by atoms with Crippen LogP contribution in [0.3, 0.4) is 0 Å². The molecule has 20 heavy (non-hydrogen) atoms. The number of carbonyl (C=O) groups excluding carboxylic acids is 1. The molecule has 0 fully saturated rings. The molecule has 0 saturated heterocycles. The fraction of sp³-hybridized carbons (Fsp3) is 0.0588. The van der Waals surface area contributed by atoms with E-state index in [9.17, 15) is 4.79 Å². The Hall–Kier alpha value is -2.68. The summed E-state index contributed by atoms with van der Waals surface area (Å²) in [4.78, 5) is 16.3. The quantitative estimate of drug-likeness (QED) is 0.786. The minimum atomic E-state index is -0.0555. The molecular weight excluding hydrogens is 248 g/mol. The fourth-order valence-corrected chi connectivity index (χ4v) is 2.18. The molecule has 0 aliphatic carbocycles. The molecule has 0 saturated carbocycles. The fourth-order valence-electron chi connectivity index (χ4n) is 2.18. The molecule has 0 bridgehead atoms. The molecule has 1 N–H and O–H groups in total. The summed E-state index contributed by atoms with van der Waals surface area (Å²) in [5, 5.41) is 4.91. The van der Waals surface area contributed by atoms with Crippen molar-refractivity contribution < 1.29 is 4.79 Å². The Morgan fingerprint density at radius 1 is 0.950 bits per heavy atom. The second kappa shape index (κ2) is 5.53. The summed E-state index contributed by atoms with van der Waals surface area (Å²) < 4.78 is 0. The maximum absolute atomic E-state index is 12.1. The number of benzene rings is 2. The van der Waals surface area contributed by atoms with Crippen molar-refractivity contribution in [3.05, 3.63) is 72.4 Å². The highest BCUT2D eigenvalue weighted by molar-refractivity contribution is 6.00. The lowest BCUT2D eigenvalue weighted by Crippen LogP contribution is -2.15. The van der Waals surface area contributed by atoms with Gasteiger partial charge in [0.25, 0.3) is 0 Å². The summed E-state index contributed by atoms with van der Waals surface area (Å²) in [5.74, 6) is 0.559. The van der Waals surface area contributed by atoms with E-state index in [2.05, 4.69) is 10.3 Å². The largest absolute Gasteiger partial charge is 0.310 e. The van der Waals surface area contributed by atoms with Gasteiger partial charge in [0.05, 0.1) is 6.42 Å². The lowest BCUT2D eigenvalue weighted by Gasteiger charge is -2.07. The van der Waals surface area contributed by atoms with Crippen molar-refractivity contribution in [3.8, 4) is 0 Å². The van der Waals surface area contributed by atoms with E-state index in [1.807, 2.05) is 60.7 Å². The molecule has 1 amide bonds. The monoisotopic (exact) mass is 262 g/mol. The van der Waals surface area contributed by atoms with Gasteiger partial charge in [-0.25, -0.2) is 4.98 Å². The van der Waals surface area contributed by atoms with E-state index in [4.69, 9.17) is 0 Å². The van der Waals surface area contributed by atoms with Crippen molar-refractivity contribution in [2.24, 2.45) is 0 Å². The number of rotatable bonds is 3. The van der Waals surface area contributed by atoms with Gasteiger partial charge < -0.3 is 5.32 Å². The maximum atomic E-state index is 12.1. The summed E-state index contributed by atoms with van der Waals surface area (Å²) in [6.45, 7) is 0. The minimum absolute atomic E-state index is 0.0555. The number of fused-ring (bicyclic) bond motifs is 1. The first kappa shape index (κ1) is 12.4. The Labute approximate surface area is 117 Å². The lowest BCUT2D eigenvalue weighted by atomic mass is 10.1. The summed E-state index contributed by atoms with van der Waals surface area (Å²) in [6.07, 6.45) is 2.06. The zero-order valence-corrected chi connectivity index (χ0v) is 10.9. The number of amides is 1. The van der Waals surface area contributed by atoms with E-state index in [-0.39, 0.29) is 5.91 Å². The van der Waals surface area contributed by atoms with Crippen molar-refractivity contribution in [3.63, 3.8) is 0 Å². The first-order valence-electron chi connectivity index (χ1n) is 6.50. The van der Waals surface area contributed by atoms with E-state index in [1.165, 1.54) is 0 Å². The number of carbonyl (C=O) groups is 1. The summed E-state index contributed by atoms with van der Waals surface area (Å²) in [5.41, 5.74) is 0.991. The van der Waals surface area contributed by atoms with Crippen molar-refractivity contribution in [1.29, 1.82) is 0 Å². The normalized spacial score (nSPS) is 10.4. The standard InChI is InChI=1S/C17H14N2O/c20-16(12-13-6-2-1-3-7-13)19-17-15-9-5-4-8-14(15)10-11-18-17/h1-11H,12H2,(H,18,19,20). The highest BCUT2D eigenvalue weighted by Gasteiger charge is 2.07. The number of pyridine rings is 1. The van der Waals surface area contributed by atoms with Crippen LogP contribution in [-0.2, 0) is 11.2 Å². The smallest absolute Gasteiger partial charge is 0.229 e. The van der Waals surface area contributed by atoms with Crippen LogP contribution in [0.15, 0.2) is 66.9 Å². The molecule has 3 aromatic rings. The third kappa shape index (κ3) is 2.67. The first-order valence-corrected chi connectivity index (χ1v) is 6.50. The number of hydrogen-bond donors (Lipinski definition) is 1. The minimum Gasteiger partial charge on any atom is -0.310 e. The van der Waals surface area contributed by atoms with Crippen LogP contribution in [0.25, 0.3) is 10.8 Å². The van der Waals surface area contributed by atoms with Gasteiger partial charge in [0.1, 0.15) is 5.82 Å². The molecule has 98 valence electrons. The van der Waals surface area contributed by atoms with Crippen LogP contribution < -0.4 is 5.32 Å². The van der Waals surface area contributed by atoms with E-state index >= 15 is 0 Å². The Morgan fingerprint density at radius 2 is 1.70 bits per heavy atom. The van der Waals surface area contributed by atoms with Gasteiger partial charge in [-0.3, -0.25) is 4.79 Å². The van der Waals surface area contributed by atoms with E-state index in [1.54, 1.807) is 6.20 Å². The Balaban J connectivity index is 1.81. The zero-order chi connectivity index (χ0) is 13.8. The zero-order valence-electron chi connectivity index (χ0n) is 10.9. The molecule has 0 aliphatic heterocycles. The average molecular weight is 262 g/mol. The first-order chi connectivity index (χ1) is 9.83. The lowest BCUT2D eigenvalue weighted by molar-refractivity contribution is -0.115. The van der Waals surface area contributed by atoms with Gasteiger partial charge in [0, 0.05) is 11.6 Å². The van der Waals surface area contributed by atoms with Crippen molar-refractivity contribution in [2.45, 2.75) is 6.42 Å². The van der Waals surface area contributed by atoms with Crippen molar-refractivity contribution in [1.82, 2.24) is 4.98 Å². The van der Waals surface area contributed by atoms with Crippen LogP contribution in [0.4, 0.5) is 5.82 Å². The van der Waals surface area contributed by atoms with Crippen LogP contribution in [0.2, 0.25) is 0 Å². The maximum Gasteiger partial charge on any atom is 0.229 e. The molecule has 1 heterocycles. The molecule has 0 spiro atoms. The van der Waals surface area contributed by atoms with Crippen LogP contribution in [-0.4, -0.2) is 10.9 Å². The van der Waals surface area contributed by atoms with E-state index in [0.29, 0.717) is 12.2 Å². The highest BCUT2D eigenvalue weighted by Crippen LogP contribution is 2.20. The van der Waals surface area contributed by atoms with Crippen LogP contribution in [0, 0.1) is 0 Å². The molecule has 0 radical (unpaired) electrons. The molecule has 3 nitrogen and oxygen atoms in total. The van der Waals surface area contributed by atoms with Gasteiger partial charge in [-0.1, -0.05) is 54.6 Å². The van der Waals surface area contributed by atoms with Gasteiger partial charge in [-0.15, -0.1) is 0 Å². The Bertz CT molecular complexity index is 733. The second-order valence-corrected chi connectivity index (χ2v) is 4.59. The van der Waals surface area contributed by atoms with Gasteiger partial charge >= 0.3 is 0 Å². The SMILES string of the molecule is O=C(Cc1ccccc1)Nc1nccc2ccccc12.